The minimum Gasteiger partial charge on any atom is -0.410 e. The van der Waals surface area contributed by atoms with Gasteiger partial charge in [0.05, 0.1) is 10.6 Å². The molecule has 0 aliphatic carbocycles. The van der Waals surface area contributed by atoms with E-state index in [1.807, 2.05) is 0 Å². The van der Waals surface area contributed by atoms with Crippen LogP contribution in [0.5, 0.6) is 5.75 Å². The van der Waals surface area contributed by atoms with E-state index in [9.17, 15) is 23.7 Å². The molecule has 1 amide bonds. The molecule has 9 heteroatoms. The zero-order chi connectivity index (χ0) is 18.7. The number of nitrogens with zero attached hydrogens (tertiary/aromatic N) is 3. The van der Waals surface area contributed by atoms with Crippen LogP contribution in [-0.2, 0) is 0 Å². The van der Waals surface area contributed by atoms with Crippen LogP contribution in [0.25, 0.3) is 0 Å². The Morgan fingerprint density at radius 3 is 2.27 bits per heavy atom. The van der Waals surface area contributed by atoms with Crippen LogP contribution in [0.4, 0.5) is 25.0 Å². The smallest absolute Gasteiger partial charge is 0.410 e. The van der Waals surface area contributed by atoms with E-state index < -0.39 is 22.7 Å². The second-order valence-corrected chi connectivity index (χ2v) is 5.69. The summed E-state index contributed by atoms with van der Waals surface area (Å²) in [5.41, 5.74) is 0.189. The highest BCUT2D eigenvalue weighted by atomic mass is 19.1. The Balaban J connectivity index is 1.57. The van der Waals surface area contributed by atoms with Crippen molar-refractivity contribution >= 4 is 17.5 Å². The van der Waals surface area contributed by atoms with Gasteiger partial charge in [0.25, 0.3) is 5.69 Å². The second-order valence-electron chi connectivity index (χ2n) is 5.69. The maximum atomic E-state index is 13.8. The number of benzene rings is 2. The van der Waals surface area contributed by atoms with Crippen molar-refractivity contribution in [2.24, 2.45) is 0 Å². The van der Waals surface area contributed by atoms with Gasteiger partial charge < -0.3 is 14.5 Å². The van der Waals surface area contributed by atoms with E-state index in [1.54, 1.807) is 4.90 Å². The fourth-order valence-electron chi connectivity index (χ4n) is 2.67. The number of rotatable bonds is 3. The third-order valence-corrected chi connectivity index (χ3v) is 4.04. The molecule has 1 heterocycles. The fourth-order valence-corrected chi connectivity index (χ4v) is 2.67. The van der Waals surface area contributed by atoms with Crippen LogP contribution in [0.3, 0.4) is 0 Å². The highest BCUT2D eigenvalue weighted by molar-refractivity contribution is 5.71. The molecule has 1 aliphatic rings. The van der Waals surface area contributed by atoms with Gasteiger partial charge in [0, 0.05) is 44.4 Å². The van der Waals surface area contributed by atoms with Crippen LogP contribution in [-0.4, -0.2) is 42.1 Å². The van der Waals surface area contributed by atoms with E-state index in [4.69, 9.17) is 4.74 Å². The van der Waals surface area contributed by atoms with Crippen LogP contribution in [0.1, 0.15) is 0 Å². The zero-order valence-electron chi connectivity index (χ0n) is 13.6. The van der Waals surface area contributed by atoms with Crippen molar-refractivity contribution in [1.29, 1.82) is 0 Å². The van der Waals surface area contributed by atoms with Gasteiger partial charge in [-0.2, -0.15) is 0 Å². The molecule has 3 rings (SSSR count). The summed E-state index contributed by atoms with van der Waals surface area (Å²) in [6.07, 6.45) is -0.585. The summed E-state index contributed by atoms with van der Waals surface area (Å²) in [4.78, 5) is 25.4. The summed E-state index contributed by atoms with van der Waals surface area (Å²) in [7, 11) is 0. The summed E-state index contributed by atoms with van der Waals surface area (Å²) >= 11 is 0. The maximum Gasteiger partial charge on any atom is 0.415 e. The molecule has 26 heavy (non-hydrogen) atoms. The molecule has 0 aromatic heterocycles. The van der Waals surface area contributed by atoms with Gasteiger partial charge in [-0.25, -0.2) is 13.6 Å². The molecule has 0 spiro atoms. The van der Waals surface area contributed by atoms with E-state index in [-0.39, 0.29) is 17.1 Å². The quantitative estimate of drug-likeness (QED) is 0.618. The standard InChI is InChI=1S/C17H15F2N3O4/c18-12-1-6-16(15(19)11-12)20-7-9-21(10-8-20)17(23)26-14-4-2-13(3-5-14)22(24)25/h1-6,11H,7-10H2. The van der Waals surface area contributed by atoms with Gasteiger partial charge in [-0.1, -0.05) is 0 Å². The molecule has 0 radical (unpaired) electrons. The van der Waals surface area contributed by atoms with Gasteiger partial charge in [0.1, 0.15) is 17.4 Å². The average Bonchev–Trinajstić information content (AvgIpc) is 2.62. The number of piperazine rings is 1. The minimum atomic E-state index is -0.646. The highest BCUT2D eigenvalue weighted by Gasteiger charge is 2.24. The van der Waals surface area contributed by atoms with Crippen LogP contribution in [0, 0.1) is 21.7 Å². The summed E-state index contributed by atoms with van der Waals surface area (Å²) < 4.78 is 32.0. The molecule has 136 valence electrons. The lowest BCUT2D eigenvalue weighted by molar-refractivity contribution is -0.384. The van der Waals surface area contributed by atoms with Crippen molar-refractivity contribution in [3.05, 3.63) is 64.2 Å². The normalized spacial score (nSPS) is 14.2. The number of halogens is 2. The molecule has 0 bridgehead atoms. The topological polar surface area (TPSA) is 75.9 Å². The summed E-state index contributed by atoms with van der Waals surface area (Å²) in [6, 6.07) is 8.57. The zero-order valence-corrected chi connectivity index (χ0v) is 13.6. The maximum absolute atomic E-state index is 13.8. The Hall–Kier alpha value is -3.23. The number of anilines is 1. The number of carbonyl (C=O) groups excluding carboxylic acids is 1. The predicted octanol–water partition coefficient (Wildman–Crippen LogP) is 3.19. The van der Waals surface area contributed by atoms with Crippen LogP contribution >= 0.6 is 0 Å². The third-order valence-electron chi connectivity index (χ3n) is 4.04. The van der Waals surface area contributed by atoms with Gasteiger partial charge in [-0.15, -0.1) is 0 Å². The lowest BCUT2D eigenvalue weighted by atomic mass is 10.2. The van der Waals surface area contributed by atoms with E-state index in [2.05, 4.69) is 0 Å². The molecule has 7 nitrogen and oxygen atoms in total. The second kappa shape index (κ2) is 7.34. The summed E-state index contributed by atoms with van der Waals surface area (Å²) in [5.74, 6) is -1.09. The van der Waals surface area contributed by atoms with Crippen molar-refractivity contribution in [3.63, 3.8) is 0 Å². The van der Waals surface area contributed by atoms with Crippen LogP contribution in [0.2, 0.25) is 0 Å². The van der Waals surface area contributed by atoms with Gasteiger partial charge in [-0.3, -0.25) is 10.1 Å². The average molecular weight is 363 g/mol. The van der Waals surface area contributed by atoms with Gasteiger partial charge in [-0.05, 0) is 24.3 Å². The number of ether oxygens (including phenoxy) is 1. The molecule has 0 N–H and O–H groups in total. The lowest BCUT2D eigenvalue weighted by Crippen LogP contribution is -2.49. The van der Waals surface area contributed by atoms with Gasteiger partial charge in [0.15, 0.2) is 0 Å². The van der Waals surface area contributed by atoms with E-state index in [1.165, 1.54) is 41.3 Å². The van der Waals surface area contributed by atoms with Gasteiger partial charge in [0.2, 0.25) is 0 Å². The van der Waals surface area contributed by atoms with E-state index in [0.717, 1.165) is 6.07 Å². The monoisotopic (exact) mass is 363 g/mol. The predicted molar refractivity (Wildman–Crippen MR) is 89.3 cm³/mol. The Bertz CT molecular complexity index is 821. The first kappa shape index (κ1) is 17.6. The molecule has 0 unspecified atom stereocenters. The molecule has 1 fully saturated rings. The molecule has 1 saturated heterocycles. The van der Waals surface area contributed by atoms with Gasteiger partial charge >= 0.3 is 6.09 Å². The number of non-ortho nitro benzene ring substituents is 1. The van der Waals surface area contributed by atoms with E-state index in [0.29, 0.717) is 26.2 Å². The fraction of sp³-hybridized carbons (Fsp3) is 0.235. The first-order valence-corrected chi connectivity index (χ1v) is 7.85. The Kier molecular flexibility index (Phi) is 4.97. The SMILES string of the molecule is O=C(Oc1ccc([N+](=O)[O-])cc1)N1CCN(c2ccc(F)cc2F)CC1. The highest BCUT2D eigenvalue weighted by Crippen LogP contribution is 2.22. The number of amides is 1. The number of hydrogen-bond donors (Lipinski definition) is 0. The van der Waals surface area contributed by atoms with Crippen molar-refractivity contribution in [2.75, 3.05) is 31.1 Å². The molecule has 1 aliphatic heterocycles. The van der Waals surface area contributed by atoms with Crippen molar-refractivity contribution in [3.8, 4) is 5.75 Å². The van der Waals surface area contributed by atoms with Crippen molar-refractivity contribution in [2.45, 2.75) is 0 Å². The number of hydrogen-bond acceptors (Lipinski definition) is 5. The molecule has 2 aromatic carbocycles. The Labute approximate surface area is 147 Å². The van der Waals surface area contributed by atoms with Crippen molar-refractivity contribution < 1.29 is 23.2 Å². The molecule has 0 atom stereocenters. The Morgan fingerprint density at radius 2 is 1.69 bits per heavy atom. The Morgan fingerprint density at radius 1 is 1.04 bits per heavy atom. The van der Waals surface area contributed by atoms with E-state index >= 15 is 0 Å². The molecular formula is C17H15F2N3O4. The van der Waals surface area contributed by atoms with Crippen LogP contribution < -0.4 is 9.64 Å². The largest absolute Gasteiger partial charge is 0.415 e. The number of nitro groups is 1. The lowest BCUT2D eigenvalue weighted by Gasteiger charge is -2.35. The van der Waals surface area contributed by atoms with Crippen molar-refractivity contribution in [1.82, 2.24) is 4.90 Å². The van der Waals surface area contributed by atoms with Crippen LogP contribution in [0.15, 0.2) is 42.5 Å². The first-order chi connectivity index (χ1) is 12.4. The number of carbonyl (C=O) groups is 1. The molecular weight excluding hydrogens is 348 g/mol. The molecule has 0 saturated carbocycles. The summed E-state index contributed by atoms with van der Waals surface area (Å²) in [6.45, 7) is 1.36. The molecule has 2 aromatic rings. The minimum absolute atomic E-state index is 0.0975. The third kappa shape index (κ3) is 3.88. The number of nitro benzene ring substituents is 1. The first-order valence-electron chi connectivity index (χ1n) is 7.85. The summed E-state index contributed by atoms with van der Waals surface area (Å²) in [5, 5.41) is 10.6.